The maximum Gasteiger partial charge on any atom is 0.306 e. The van der Waals surface area contributed by atoms with E-state index in [-0.39, 0.29) is 24.5 Å². The van der Waals surface area contributed by atoms with Crippen LogP contribution >= 0.6 is 23.1 Å². The fraction of sp³-hybridized carbons (Fsp3) is 0.741. The number of thiazole rings is 1. The Morgan fingerprint density at radius 3 is 2.61 bits per heavy atom. The van der Waals surface area contributed by atoms with Gasteiger partial charge in [-0.05, 0) is 43.9 Å². The zero-order valence-corrected chi connectivity index (χ0v) is 24.0. The average molecular weight is 540 g/mol. The molecular weight excluding hydrogens is 498 g/mol. The summed E-state index contributed by atoms with van der Waals surface area (Å²) in [5, 5.41) is 24.4. The zero-order valence-electron chi connectivity index (χ0n) is 22.3. The van der Waals surface area contributed by atoms with Crippen molar-refractivity contribution in [3.8, 4) is 0 Å². The van der Waals surface area contributed by atoms with Crippen LogP contribution in [0.4, 0.5) is 0 Å². The first-order chi connectivity index (χ1) is 16.7. The van der Waals surface area contributed by atoms with Crippen molar-refractivity contribution in [3.63, 3.8) is 0 Å². The molecule has 0 amide bonds. The van der Waals surface area contributed by atoms with E-state index >= 15 is 0 Å². The molecule has 1 aromatic heterocycles. The molecule has 0 saturated carbocycles. The van der Waals surface area contributed by atoms with Crippen LogP contribution in [0.25, 0.3) is 0 Å². The summed E-state index contributed by atoms with van der Waals surface area (Å²) in [6.45, 7) is 13.7. The minimum atomic E-state index is -1.84. The van der Waals surface area contributed by atoms with Crippen molar-refractivity contribution in [2.45, 2.75) is 108 Å². The van der Waals surface area contributed by atoms with Crippen LogP contribution in [0, 0.1) is 17.3 Å². The number of hydrogen-bond donors (Lipinski definition) is 2. The molecule has 6 atom stereocenters. The lowest BCUT2D eigenvalue weighted by Crippen LogP contribution is -2.47. The maximum atomic E-state index is 13.2. The summed E-state index contributed by atoms with van der Waals surface area (Å²) in [6, 6.07) is 0. The number of aliphatic hydroxyl groups is 2. The van der Waals surface area contributed by atoms with Crippen molar-refractivity contribution in [3.05, 3.63) is 23.2 Å². The van der Waals surface area contributed by atoms with Crippen LogP contribution in [0.15, 0.2) is 21.9 Å². The molecule has 9 heteroatoms. The number of aromatic nitrogens is 1. The minimum Gasteiger partial charge on any atom is -0.455 e. The van der Waals surface area contributed by atoms with E-state index in [0.717, 1.165) is 29.3 Å². The number of cyclic esters (lactones) is 1. The van der Waals surface area contributed by atoms with E-state index in [2.05, 4.69) is 18.5 Å². The molecule has 202 valence electrons. The number of aliphatic hydroxyl groups excluding tert-OH is 1. The molecular formula is C27H41NO6S2. The number of rotatable bonds is 4. The molecule has 2 aliphatic rings. The number of carbonyl (C=O) groups excluding carboxylic acids is 2. The number of epoxide rings is 1. The van der Waals surface area contributed by atoms with Gasteiger partial charge in [-0.2, -0.15) is 0 Å². The van der Waals surface area contributed by atoms with E-state index in [9.17, 15) is 19.8 Å². The van der Waals surface area contributed by atoms with Gasteiger partial charge in [0, 0.05) is 29.6 Å². The third-order valence-corrected chi connectivity index (χ3v) is 9.65. The highest BCUT2D eigenvalue weighted by molar-refractivity contribution is 8.00. The molecule has 0 spiro atoms. The van der Waals surface area contributed by atoms with E-state index in [0.29, 0.717) is 24.3 Å². The second kappa shape index (κ2) is 11.2. The summed E-state index contributed by atoms with van der Waals surface area (Å²) in [7, 11) is 0. The van der Waals surface area contributed by atoms with Crippen LogP contribution in [0.2, 0.25) is 0 Å². The van der Waals surface area contributed by atoms with Gasteiger partial charge >= 0.3 is 5.97 Å². The van der Waals surface area contributed by atoms with E-state index in [1.165, 1.54) is 23.1 Å². The van der Waals surface area contributed by atoms with Gasteiger partial charge in [-0.3, -0.25) is 9.59 Å². The van der Waals surface area contributed by atoms with Gasteiger partial charge in [0.1, 0.15) is 15.7 Å². The largest absolute Gasteiger partial charge is 0.455 e. The Labute approximate surface area is 223 Å². The highest BCUT2D eigenvalue weighted by atomic mass is 32.2. The molecule has 0 bridgehead atoms. The lowest BCUT2D eigenvalue weighted by molar-refractivity contribution is -0.165. The minimum absolute atomic E-state index is 0.0153. The van der Waals surface area contributed by atoms with E-state index < -0.39 is 35.0 Å². The van der Waals surface area contributed by atoms with Crippen molar-refractivity contribution >= 4 is 34.9 Å². The predicted octanol–water partition coefficient (Wildman–Crippen LogP) is 4.94. The van der Waals surface area contributed by atoms with E-state index in [1.807, 2.05) is 32.4 Å². The van der Waals surface area contributed by atoms with Gasteiger partial charge in [0.15, 0.2) is 12.2 Å². The molecule has 36 heavy (non-hydrogen) atoms. The first-order valence-corrected chi connectivity index (χ1v) is 14.8. The highest BCUT2D eigenvalue weighted by Crippen LogP contribution is 2.53. The SMILES string of the molecule is C=C(Cc1csc(SC)n1)C1OC(=O)CCC(C)(C)C(=O)C(C)CC(C)CCCC2(C)OC2(O)C1O. The van der Waals surface area contributed by atoms with Gasteiger partial charge in [0.2, 0.25) is 5.79 Å². The second-order valence-corrected chi connectivity index (χ2v) is 13.3. The predicted molar refractivity (Wildman–Crippen MR) is 142 cm³/mol. The van der Waals surface area contributed by atoms with Crippen LogP contribution in [0.1, 0.15) is 78.8 Å². The number of ketones is 1. The normalized spacial score (nSPS) is 36.1. The summed E-state index contributed by atoms with van der Waals surface area (Å²) >= 11 is 3.05. The number of fused-ring (bicyclic) bond motifs is 1. The van der Waals surface area contributed by atoms with Gasteiger partial charge in [-0.25, -0.2) is 4.98 Å². The van der Waals surface area contributed by atoms with Gasteiger partial charge in [-0.1, -0.05) is 58.9 Å². The maximum absolute atomic E-state index is 13.2. The Hall–Kier alpha value is -1.26. The van der Waals surface area contributed by atoms with Gasteiger partial charge in [-0.15, -0.1) is 11.3 Å². The molecule has 2 saturated heterocycles. The van der Waals surface area contributed by atoms with Gasteiger partial charge < -0.3 is 19.7 Å². The fourth-order valence-corrected chi connectivity index (χ4v) is 6.60. The Morgan fingerprint density at radius 2 is 1.97 bits per heavy atom. The Balaban J connectivity index is 1.85. The highest BCUT2D eigenvalue weighted by Gasteiger charge is 2.71. The summed E-state index contributed by atoms with van der Waals surface area (Å²) in [5.74, 6) is -2.02. The third-order valence-electron chi connectivity index (χ3n) is 7.73. The quantitative estimate of drug-likeness (QED) is 0.240. The summed E-state index contributed by atoms with van der Waals surface area (Å²) in [5.41, 5.74) is -0.444. The molecule has 3 heterocycles. The molecule has 6 unspecified atom stereocenters. The van der Waals surface area contributed by atoms with Crippen molar-refractivity contribution in [2.75, 3.05) is 6.26 Å². The Morgan fingerprint density at radius 1 is 1.28 bits per heavy atom. The van der Waals surface area contributed by atoms with Crippen molar-refractivity contribution in [2.24, 2.45) is 17.3 Å². The van der Waals surface area contributed by atoms with Gasteiger partial charge in [0.25, 0.3) is 0 Å². The Kier molecular flexibility index (Phi) is 9.14. The van der Waals surface area contributed by atoms with Crippen LogP contribution in [-0.2, 0) is 25.5 Å². The molecule has 2 fully saturated rings. The number of hydrogen-bond acceptors (Lipinski definition) is 9. The molecule has 0 radical (unpaired) electrons. The monoisotopic (exact) mass is 539 g/mol. The molecule has 1 aromatic rings. The van der Waals surface area contributed by atoms with E-state index in [4.69, 9.17) is 9.47 Å². The lowest BCUT2D eigenvalue weighted by Gasteiger charge is -2.30. The van der Waals surface area contributed by atoms with Gasteiger partial charge in [0.05, 0.1) is 5.69 Å². The van der Waals surface area contributed by atoms with Crippen LogP contribution in [0.3, 0.4) is 0 Å². The van der Waals surface area contributed by atoms with Crippen molar-refractivity contribution in [1.82, 2.24) is 4.98 Å². The Bertz CT molecular complexity index is 977. The number of thioether (sulfide) groups is 1. The molecule has 2 aliphatic heterocycles. The topological polar surface area (TPSA) is 109 Å². The van der Waals surface area contributed by atoms with Crippen LogP contribution in [-0.4, -0.2) is 56.8 Å². The lowest BCUT2D eigenvalue weighted by atomic mass is 9.75. The third kappa shape index (κ3) is 6.41. The summed E-state index contributed by atoms with van der Waals surface area (Å²) in [4.78, 5) is 30.6. The number of ether oxygens (including phenoxy) is 2. The first-order valence-electron chi connectivity index (χ1n) is 12.7. The smallest absolute Gasteiger partial charge is 0.306 e. The van der Waals surface area contributed by atoms with Crippen LogP contribution in [0.5, 0.6) is 0 Å². The van der Waals surface area contributed by atoms with Crippen molar-refractivity contribution < 1.29 is 29.3 Å². The molecule has 2 N–H and O–H groups in total. The molecule has 7 nitrogen and oxygen atoms in total. The standard InChI is InChI=1S/C27H41NO6S2/c1-16-9-8-11-26(6)27(32,34-26)23(31)21(17(2)14-19-15-36-24(28-19)35-7)33-20(29)10-12-25(4,5)22(30)18(3)13-16/h15-16,18,21,23,31-32H,2,8-14H2,1,3-7H3. The fourth-order valence-electron chi connectivity index (χ4n) is 5.32. The number of nitrogens with zero attached hydrogens (tertiary/aromatic N) is 1. The zero-order chi connectivity index (χ0) is 26.9. The summed E-state index contributed by atoms with van der Waals surface area (Å²) in [6.07, 6.45) is 2.88. The van der Waals surface area contributed by atoms with Crippen LogP contribution < -0.4 is 0 Å². The summed E-state index contributed by atoms with van der Waals surface area (Å²) < 4.78 is 12.4. The number of Topliss-reactive ketones (excluding diaryl/α,β-unsaturated/α-hetero) is 1. The van der Waals surface area contributed by atoms with E-state index in [1.54, 1.807) is 6.92 Å². The molecule has 3 rings (SSSR count). The number of esters is 1. The molecule has 0 aromatic carbocycles. The van der Waals surface area contributed by atoms with Crippen molar-refractivity contribution in [1.29, 1.82) is 0 Å². The average Bonchev–Trinajstić information content (AvgIpc) is 3.13. The number of carbonyl (C=O) groups is 2. The molecule has 0 aliphatic carbocycles. The second-order valence-electron chi connectivity index (χ2n) is 11.4. The first kappa shape index (κ1) is 29.3.